The molecule has 0 bridgehead atoms. The van der Waals surface area contributed by atoms with Gasteiger partial charge < -0.3 is 19.5 Å². The van der Waals surface area contributed by atoms with E-state index in [-0.39, 0.29) is 23.5 Å². The Morgan fingerprint density at radius 3 is 2.76 bits per heavy atom. The molecule has 0 saturated heterocycles. The summed E-state index contributed by atoms with van der Waals surface area (Å²) < 4.78 is 9.93. The summed E-state index contributed by atoms with van der Waals surface area (Å²) in [5.41, 5.74) is 0.932. The Morgan fingerprint density at radius 1 is 1.38 bits per heavy atom. The van der Waals surface area contributed by atoms with Crippen molar-refractivity contribution in [3.8, 4) is 17.0 Å². The van der Waals surface area contributed by atoms with Crippen LogP contribution in [0.2, 0.25) is 0 Å². The number of ether oxygens (including phenoxy) is 2. The van der Waals surface area contributed by atoms with Gasteiger partial charge >= 0.3 is 13.1 Å². The van der Waals surface area contributed by atoms with E-state index < -0.39 is 13.1 Å². The molecule has 3 N–H and O–H groups in total. The van der Waals surface area contributed by atoms with Gasteiger partial charge in [0.1, 0.15) is 11.4 Å². The molecule has 0 aliphatic heterocycles. The predicted octanol–water partition coefficient (Wildman–Crippen LogP) is -0.663. The molecule has 21 heavy (non-hydrogen) atoms. The first-order valence-corrected chi connectivity index (χ1v) is 6.20. The zero-order valence-corrected chi connectivity index (χ0v) is 11.5. The number of nitrogens with one attached hydrogen (secondary N) is 1. The second-order valence-electron chi connectivity index (χ2n) is 4.07. The fraction of sp³-hybridized carbons (Fsp3) is 0.250. The summed E-state index contributed by atoms with van der Waals surface area (Å²) in [6.07, 6.45) is 0. The van der Waals surface area contributed by atoms with E-state index in [0.717, 1.165) is 0 Å². The molecule has 0 spiro atoms. The molecule has 0 unspecified atom stereocenters. The van der Waals surface area contributed by atoms with Crippen LogP contribution in [0, 0.1) is 0 Å². The summed E-state index contributed by atoms with van der Waals surface area (Å²) in [7, 11) is -0.293. The number of benzene rings is 1. The molecular formula is C12H14BN3O5. The Kier molecular flexibility index (Phi) is 4.56. The number of nitrogens with zero attached hydrogens (tertiary/aromatic N) is 2. The molecule has 110 valence electrons. The SMILES string of the molecule is CCOC(=O)c1n[nH]nc1-c1ccc(OC)c(B(O)O)c1. The van der Waals surface area contributed by atoms with Crippen LogP contribution >= 0.6 is 0 Å². The van der Waals surface area contributed by atoms with Crippen LogP contribution in [-0.2, 0) is 4.74 Å². The van der Waals surface area contributed by atoms with Crippen molar-refractivity contribution < 1.29 is 24.3 Å². The van der Waals surface area contributed by atoms with Crippen molar-refractivity contribution in [2.45, 2.75) is 6.92 Å². The van der Waals surface area contributed by atoms with Crippen LogP contribution in [0.15, 0.2) is 18.2 Å². The maximum atomic E-state index is 11.8. The Morgan fingerprint density at radius 2 is 2.14 bits per heavy atom. The summed E-state index contributed by atoms with van der Waals surface area (Å²) in [6.45, 7) is 1.90. The van der Waals surface area contributed by atoms with Crippen molar-refractivity contribution >= 4 is 18.6 Å². The van der Waals surface area contributed by atoms with Gasteiger partial charge in [0.05, 0.1) is 13.7 Å². The van der Waals surface area contributed by atoms with E-state index in [1.807, 2.05) is 0 Å². The molecule has 8 nitrogen and oxygen atoms in total. The first kappa shape index (κ1) is 15.0. The molecule has 0 aliphatic carbocycles. The van der Waals surface area contributed by atoms with E-state index in [1.54, 1.807) is 19.1 Å². The zero-order valence-electron chi connectivity index (χ0n) is 11.5. The number of esters is 1. The van der Waals surface area contributed by atoms with E-state index in [0.29, 0.717) is 11.3 Å². The van der Waals surface area contributed by atoms with Gasteiger partial charge in [-0.05, 0) is 25.1 Å². The van der Waals surface area contributed by atoms with Crippen molar-refractivity contribution in [3.05, 3.63) is 23.9 Å². The van der Waals surface area contributed by atoms with Gasteiger partial charge in [0, 0.05) is 11.0 Å². The molecule has 2 aromatic rings. The number of carbonyl (C=O) groups excluding carboxylic acids is 1. The third-order valence-electron chi connectivity index (χ3n) is 2.80. The van der Waals surface area contributed by atoms with Crippen LogP contribution in [0.3, 0.4) is 0 Å². The standard InChI is InChI=1S/C12H14BN3O5/c1-3-21-12(17)11-10(14-16-15-11)7-4-5-9(20-2)8(6-7)13(18)19/h4-6,18-19H,3H2,1-2H3,(H,14,15,16). The highest BCUT2D eigenvalue weighted by molar-refractivity contribution is 6.59. The number of hydrogen-bond acceptors (Lipinski definition) is 7. The number of methoxy groups -OCH3 is 1. The Bertz CT molecular complexity index is 644. The Hall–Kier alpha value is -2.39. The summed E-state index contributed by atoms with van der Waals surface area (Å²) in [5.74, 6) is -0.293. The molecule has 0 aliphatic rings. The summed E-state index contributed by atoms with van der Waals surface area (Å²) >= 11 is 0. The molecule has 2 rings (SSSR count). The Balaban J connectivity index is 2.46. The second-order valence-corrected chi connectivity index (χ2v) is 4.07. The number of rotatable bonds is 5. The molecule has 1 aromatic heterocycles. The van der Waals surface area contributed by atoms with E-state index in [1.165, 1.54) is 13.2 Å². The van der Waals surface area contributed by atoms with Crippen molar-refractivity contribution in [1.29, 1.82) is 0 Å². The molecule has 0 atom stereocenters. The fourth-order valence-electron chi connectivity index (χ4n) is 1.86. The highest BCUT2D eigenvalue weighted by atomic mass is 16.5. The minimum Gasteiger partial charge on any atom is -0.497 e. The molecule has 9 heteroatoms. The lowest BCUT2D eigenvalue weighted by Gasteiger charge is -2.09. The van der Waals surface area contributed by atoms with E-state index in [9.17, 15) is 14.8 Å². The molecular weight excluding hydrogens is 277 g/mol. The van der Waals surface area contributed by atoms with Crippen LogP contribution in [0.5, 0.6) is 5.75 Å². The number of hydrogen-bond donors (Lipinski definition) is 3. The van der Waals surface area contributed by atoms with E-state index in [2.05, 4.69) is 15.4 Å². The number of carbonyl (C=O) groups is 1. The van der Waals surface area contributed by atoms with Crippen LogP contribution < -0.4 is 10.2 Å². The van der Waals surface area contributed by atoms with Gasteiger partial charge in [0.15, 0.2) is 5.69 Å². The van der Waals surface area contributed by atoms with Crippen molar-refractivity contribution in [2.75, 3.05) is 13.7 Å². The van der Waals surface area contributed by atoms with Gasteiger partial charge in [-0.1, -0.05) is 0 Å². The lowest BCUT2D eigenvalue weighted by atomic mass is 9.78. The average Bonchev–Trinajstić information content (AvgIpc) is 2.96. The van der Waals surface area contributed by atoms with Gasteiger partial charge in [-0.2, -0.15) is 10.3 Å². The molecule has 1 heterocycles. The number of aromatic nitrogens is 3. The zero-order chi connectivity index (χ0) is 15.4. The first-order valence-electron chi connectivity index (χ1n) is 6.20. The summed E-state index contributed by atoms with van der Waals surface area (Å²) in [4.78, 5) is 11.8. The lowest BCUT2D eigenvalue weighted by Crippen LogP contribution is -2.31. The van der Waals surface area contributed by atoms with Crippen LogP contribution in [0.25, 0.3) is 11.3 Å². The maximum Gasteiger partial charge on any atom is 0.492 e. The third kappa shape index (κ3) is 3.04. The van der Waals surface area contributed by atoms with E-state index in [4.69, 9.17) is 9.47 Å². The van der Waals surface area contributed by atoms with Crippen molar-refractivity contribution in [2.24, 2.45) is 0 Å². The number of aromatic amines is 1. The van der Waals surface area contributed by atoms with Crippen LogP contribution in [0.1, 0.15) is 17.4 Å². The highest BCUT2D eigenvalue weighted by Gasteiger charge is 2.22. The van der Waals surface area contributed by atoms with Gasteiger partial charge in [-0.25, -0.2) is 4.79 Å². The summed E-state index contributed by atoms with van der Waals surface area (Å²) in [6, 6.07) is 4.64. The Labute approximate surface area is 120 Å². The van der Waals surface area contributed by atoms with Crippen LogP contribution in [-0.4, -0.2) is 52.3 Å². The normalized spacial score (nSPS) is 10.3. The van der Waals surface area contributed by atoms with Crippen molar-refractivity contribution in [3.63, 3.8) is 0 Å². The molecule has 0 amide bonds. The highest BCUT2D eigenvalue weighted by Crippen LogP contribution is 2.22. The van der Waals surface area contributed by atoms with Gasteiger partial charge in [-0.15, -0.1) is 5.10 Å². The van der Waals surface area contributed by atoms with Gasteiger partial charge in [0.2, 0.25) is 0 Å². The fourth-order valence-corrected chi connectivity index (χ4v) is 1.86. The minimum atomic E-state index is -1.71. The molecule has 1 aromatic carbocycles. The first-order chi connectivity index (χ1) is 10.1. The summed E-state index contributed by atoms with van der Waals surface area (Å²) in [5, 5.41) is 28.7. The minimum absolute atomic E-state index is 0.0281. The second kappa shape index (κ2) is 6.38. The van der Waals surface area contributed by atoms with E-state index >= 15 is 0 Å². The monoisotopic (exact) mass is 291 g/mol. The quantitative estimate of drug-likeness (QED) is 0.494. The average molecular weight is 291 g/mol. The largest absolute Gasteiger partial charge is 0.497 e. The topological polar surface area (TPSA) is 118 Å². The molecule has 0 radical (unpaired) electrons. The molecule has 0 saturated carbocycles. The lowest BCUT2D eigenvalue weighted by molar-refractivity contribution is 0.0520. The van der Waals surface area contributed by atoms with Gasteiger partial charge in [-0.3, -0.25) is 0 Å². The third-order valence-corrected chi connectivity index (χ3v) is 2.80. The predicted molar refractivity (Wildman–Crippen MR) is 74.2 cm³/mol. The maximum absolute atomic E-state index is 11.8. The smallest absolute Gasteiger partial charge is 0.492 e. The number of H-pyrrole nitrogens is 1. The van der Waals surface area contributed by atoms with Crippen molar-refractivity contribution in [1.82, 2.24) is 15.4 Å². The van der Waals surface area contributed by atoms with Crippen LogP contribution in [0.4, 0.5) is 0 Å². The molecule has 0 fully saturated rings. The van der Waals surface area contributed by atoms with Gasteiger partial charge in [0.25, 0.3) is 0 Å².